The summed E-state index contributed by atoms with van der Waals surface area (Å²) < 4.78 is 6.14. The number of hydrogen-bond donors (Lipinski definition) is 0. The summed E-state index contributed by atoms with van der Waals surface area (Å²) in [6, 6.07) is 25.4. The second-order valence-electron chi connectivity index (χ2n) is 5.15. The lowest BCUT2D eigenvalue weighted by atomic mass is 10.1. The van der Waals surface area contributed by atoms with Crippen LogP contribution in [0.3, 0.4) is 0 Å². The molecule has 1 aromatic heterocycles. The first-order valence-electron chi connectivity index (χ1n) is 7.03. The average Bonchev–Trinajstić information content (AvgIpc) is 2.94. The van der Waals surface area contributed by atoms with Gasteiger partial charge in [0, 0.05) is 16.1 Å². The molecule has 1 heterocycles. The first-order valence-corrected chi connectivity index (χ1v) is 8.82. The van der Waals surface area contributed by atoms with E-state index < -0.39 is 7.92 Å². The van der Waals surface area contributed by atoms with Crippen LogP contribution in [0.15, 0.2) is 77.2 Å². The van der Waals surface area contributed by atoms with Gasteiger partial charge in [-0.3, -0.25) is 0 Å². The molecule has 1 nitrogen and oxygen atoms in total. The van der Waals surface area contributed by atoms with Gasteiger partial charge in [0.15, 0.2) is 0 Å². The van der Waals surface area contributed by atoms with Crippen molar-refractivity contribution >= 4 is 40.5 Å². The number of hydrogen-bond acceptors (Lipinski definition) is 1. The first-order chi connectivity index (χ1) is 10.3. The quantitative estimate of drug-likeness (QED) is 0.490. The summed E-state index contributed by atoms with van der Waals surface area (Å²) in [5.74, 6) is 0. The Balaban J connectivity index is 1.97. The van der Waals surface area contributed by atoms with Gasteiger partial charge < -0.3 is 4.42 Å². The van der Waals surface area contributed by atoms with Gasteiger partial charge in [0.05, 0.1) is 0 Å². The van der Waals surface area contributed by atoms with Crippen LogP contribution in [-0.4, -0.2) is 6.66 Å². The van der Waals surface area contributed by atoms with Crippen LogP contribution in [0.5, 0.6) is 0 Å². The largest absolute Gasteiger partial charge is 0.455 e. The van der Waals surface area contributed by atoms with Crippen molar-refractivity contribution in [3.05, 3.63) is 72.8 Å². The lowest BCUT2D eigenvalue weighted by Crippen LogP contribution is -2.10. The maximum absolute atomic E-state index is 6.14. The van der Waals surface area contributed by atoms with E-state index in [4.69, 9.17) is 4.42 Å². The van der Waals surface area contributed by atoms with Crippen molar-refractivity contribution in [1.82, 2.24) is 0 Å². The Labute approximate surface area is 125 Å². The number of fused-ring (bicyclic) bond motifs is 3. The van der Waals surface area contributed by atoms with E-state index in [9.17, 15) is 0 Å². The number of rotatable bonds is 2. The zero-order chi connectivity index (χ0) is 14.2. The summed E-state index contributed by atoms with van der Waals surface area (Å²) in [5, 5.41) is 5.10. The summed E-state index contributed by atoms with van der Waals surface area (Å²) in [6.07, 6.45) is 0. The summed E-state index contributed by atoms with van der Waals surface area (Å²) >= 11 is 0. The zero-order valence-electron chi connectivity index (χ0n) is 11.8. The SMILES string of the molecule is CP(c1ccccc1)c1cccc2c1oc1ccccc12. The van der Waals surface area contributed by atoms with Gasteiger partial charge in [-0.05, 0) is 26.0 Å². The smallest absolute Gasteiger partial charge is 0.143 e. The van der Waals surface area contributed by atoms with Crippen LogP contribution >= 0.6 is 7.92 Å². The minimum absolute atomic E-state index is 0.401. The average molecular weight is 290 g/mol. The van der Waals surface area contributed by atoms with Gasteiger partial charge in [0.25, 0.3) is 0 Å². The van der Waals surface area contributed by atoms with Crippen LogP contribution in [0.1, 0.15) is 0 Å². The number of para-hydroxylation sites is 2. The highest BCUT2D eigenvalue weighted by Gasteiger charge is 2.15. The van der Waals surface area contributed by atoms with Crippen molar-refractivity contribution in [2.24, 2.45) is 0 Å². The Kier molecular flexibility index (Phi) is 3.02. The van der Waals surface area contributed by atoms with Crippen LogP contribution in [-0.2, 0) is 0 Å². The Hall–Kier alpha value is -2.11. The molecule has 1 unspecified atom stereocenters. The fourth-order valence-electron chi connectivity index (χ4n) is 2.79. The molecule has 21 heavy (non-hydrogen) atoms. The van der Waals surface area contributed by atoms with E-state index >= 15 is 0 Å². The van der Waals surface area contributed by atoms with Crippen LogP contribution in [0.4, 0.5) is 0 Å². The highest BCUT2D eigenvalue weighted by atomic mass is 31.1. The van der Waals surface area contributed by atoms with E-state index in [2.05, 4.69) is 67.3 Å². The van der Waals surface area contributed by atoms with Crippen molar-refractivity contribution in [2.45, 2.75) is 0 Å². The Morgan fingerprint density at radius 1 is 0.714 bits per heavy atom. The predicted octanol–water partition coefficient (Wildman–Crippen LogP) is 4.65. The van der Waals surface area contributed by atoms with Crippen LogP contribution in [0.25, 0.3) is 21.9 Å². The Morgan fingerprint density at radius 2 is 1.43 bits per heavy atom. The van der Waals surface area contributed by atoms with Gasteiger partial charge in [-0.1, -0.05) is 66.7 Å². The monoisotopic (exact) mass is 290 g/mol. The minimum atomic E-state index is -0.401. The molecule has 0 saturated carbocycles. The predicted molar refractivity (Wildman–Crippen MR) is 92.3 cm³/mol. The van der Waals surface area contributed by atoms with Gasteiger partial charge in [0.2, 0.25) is 0 Å². The highest BCUT2D eigenvalue weighted by Crippen LogP contribution is 2.35. The molecule has 0 aliphatic rings. The zero-order valence-corrected chi connectivity index (χ0v) is 12.7. The molecule has 102 valence electrons. The van der Waals surface area contributed by atoms with Crippen LogP contribution in [0.2, 0.25) is 0 Å². The fraction of sp³-hybridized carbons (Fsp3) is 0.0526. The van der Waals surface area contributed by atoms with Crippen molar-refractivity contribution < 1.29 is 4.42 Å². The summed E-state index contributed by atoms with van der Waals surface area (Å²) in [5.41, 5.74) is 2.01. The maximum atomic E-state index is 6.14. The molecular weight excluding hydrogens is 275 g/mol. The lowest BCUT2D eigenvalue weighted by Gasteiger charge is -2.13. The van der Waals surface area contributed by atoms with Crippen LogP contribution < -0.4 is 10.6 Å². The third-order valence-electron chi connectivity index (χ3n) is 3.89. The fourth-order valence-corrected chi connectivity index (χ4v) is 4.47. The topological polar surface area (TPSA) is 13.1 Å². The molecule has 2 heteroatoms. The van der Waals surface area contributed by atoms with Gasteiger partial charge in [-0.2, -0.15) is 0 Å². The van der Waals surface area contributed by atoms with Gasteiger partial charge in [0.1, 0.15) is 11.2 Å². The van der Waals surface area contributed by atoms with Crippen molar-refractivity contribution in [3.8, 4) is 0 Å². The van der Waals surface area contributed by atoms with E-state index in [1.807, 2.05) is 12.1 Å². The molecule has 1 atom stereocenters. The van der Waals surface area contributed by atoms with Crippen molar-refractivity contribution in [3.63, 3.8) is 0 Å². The van der Waals surface area contributed by atoms with E-state index in [0.717, 1.165) is 11.2 Å². The number of furan rings is 1. The molecule has 0 aliphatic carbocycles. The van der Waals surface area contributed by atoms with Crippen molar-refractivity contribution in [2.75, 3.05) is 6.66 Å². The normalized spacial score (nSPS) is 12.8. The van der Waals surface area contributed by atoms with Gasteiger partial charge >= 0.3 is 0 Å². The molecule has 3 aromatic carbocycles. The maximum Gasteiger partial charge on any atom is 0.143 e. The minimum Gasteiger partial charge on any atom is -0.455 e. The van der Waals surface area contributed by atoms with E-state index in [1.54, 1.807) is 0 Å². The Bertz CT molecular complexity index is 909. The molecule has 0 radical (unpaired) electrons. The van der Waals surface area contributed by atoms with Crippen molar-refractivity contribution in [1.29, 1.82) is 0 Å². The lowest BCUT2D eigenvalue weighted by molar-refractivity contribution is 0.671. The summed E-state index contributed by atoms with van der Waals surface area (Å²) in [4.78, 5) is 0. The second-order valence-corrected chi connectivity index (χ2v) is 7.26. The molecule has 0 fully saturated rings. The van der Waals surface area contributed by atoms with Gasteiger partial charge in [-0.25, -0.2) is 0 Å². The first kappa shape index (κ1) is 12.6. The van der Waals surface area contributed by atoms with E-state index in [0.29, 0.717) is 0 Å². The molecular formula is C19H15OP. The molecule has 4 rings (SSSR count). The third kappa shape index (κ3) is 2.05. The molecule has 0 saturated heterocycles. The summed E-state index contributed by atoms with van der Waals surface area (Å²) in [7, 11) is -0.401. The molecule has 0 aliphatic heterocycles. The third-order valence-corrected chi connectivity index (χ3v) is 6.04. The second kappa shape index (κ2) is 5.02. The summed E-state index contributed by atoms with van der Waals surface area (Å²) in [6.45, 7) is 2.30. The standard InChI is InChI=1S/C19H15OP/c1-21(14-8-3-2-4-9-14)18-13-7-11-16-15-10-5-6-12-17(15)20-19(16)18/h2-13H,1H3. The highest BCUT2D eigenvalue weighted by molar-refractivity contribution is 7.72. The Morgan fingerprint density at radius 3 is 2.29 bits per heavy atom. The molecule has 0 N–H and O–H groups in total. The molecule has 0 bridgehead atoms. The van der Waals surface area contributed by atoms with E-state index in [1.165, 1.54) is 21.4 Å². The van der Waals surface area contributed by atoms with Gasteiger partial charge in [-0.15, -0.1) is 0 Å². The molecule has 0 spiro atoms. The van der Waals surface area contributed by atoms with Crippen LogP contribution in [0, 0.1) is 0 Å². The van der Waals surface area contributed by atoms with E-state index in [-0.39, 0.29) is 0 Å². The molecule has 4 aromatic rings. The number of benzene rings is 3. The molecule has 0 amide bonds.